The third kappa shape index (κ3) is 4.77. The van der Waals surface area contributed by atoms with Crippen LogP contribution in [0.3, 0.4) is 0 Å². The summed E-state index contributed by atoms with van der Waals surface area (Å²) in [5.74, 6) is -0.236. The molecule has 1 aliphatic heterocycles. The molecule has 1 aliphatic rings. The molecular weight excluding hydrogens is 306 g/mol. The first-order valence-electron chi connectivity index (χ1n) is 7.19. The van der Waals surface area contributed by atoms with E-state index in [9.17, 15) is 18.3 Å². The molecule has 1 aromatic carbocycles. The van der Waals surface area contributed by atoms with Gasteiger partial charge in [0.05, 0.1) is 11.0 Å². The summed E-state index contributed by atoms with van der Waals surface area (Å²) < 4.78 is 26.3. The van der Waals surface area contributed by atoms with Crippen LogP contribution in [0, 0.1) is 5.92 Å². The topological polar surface area (TPSA) is 108 Å². The Balaban J connectivity index is 1.70. The minimum Gasteiger partial charge on any atom is -0.391 e. The molecule has 1 amide bonds. The lowest BCUT2D eigenvalue weighted by atomic mass is 10.1. The predicted octanol–water partition coefficient (Wildman–Crippen LogP) is -0.948. The lowest BCUT2D eigenvalue weighted by molar-refractivity contribution is -0.121. The SMILES string of the molecule is O=C(CCNS(=O)(=O)c1ccccc1)NCC1CNCC1O. The van der Waals surface area contributed by atoms with E-state index in [1.54, 1.807) is 18.2 Å². The number of amides is 1. The van der Waals surface area contributed by atoms with Gasteiger partial charge in [0.15, 0.2) is 0 Å². The van der Waals surface area contributed by atoms with Crippen molar-refractivity contribution < 1.29 is 18.3 Å². The van der Waals surface area contributed by atoms with E-state index in [0.717, 1.165) is 0 Å². The molecule has 1 aromatic rings. The van der Waals surface area contributed by atoms with Gasteiger partial charge in [-0.2, -0.15) is 0 Å². The molecule has 1 heterocycles. The molecule has 122 valence electrons. The van der Waals surface area contributed by atoms with Gasteiger partial charge < -0.3 is 15.7 Å². The van der Waals surface area contributed by atoms with E-state index < -0.39 is 16.1 Å². The molecular formula is C14H21N3O4S. The number of benzene rings is 1. The van der Waals surface area contributed by atoms with E-state index in [2.05, 4.69) is 15.4 Å². The summed E-state index contributed by atoms with van der Waals surface area (Å²) in [6.45, 7) is 1.63. The second-order valence-electron chi connectivity index (χ2n) is 5.25. The summed E-state index contributed by atoms with van der Waals surface area (Å²) in [5.41, 5.74) is 0. The number of aliphatic hydroxyl groups is 1. The fourth-order valence-electron chi connectivity index (χ4n) is 2.24. The molecule has 2 unspecified atom stereocenters. The molecule has 0 bridgehead atoms. The summed E-state index contributed by atoms with van der Waals surface area (Å²) in [7, 11) is -3.58. The molecule has 2 rings (SSSR count). The Labute approximate surface area is 130 Å². The molecule has 0 aliphatic carbocycles. The van der Waals surface area contributed by atoms with Crippen molar-refractivity contribution in [2.45, 2.75) is 17.4 Å². The lowest BCUT2D eigenvalue weighted by Crippen LogP contribution is -2.36. The van der Waals surface area contributed by atoms with Gasteiger partial charge in [-0.25, -0.2) is 13.1 Å². The smallest absolute Gasteiger partial charge is 0.240 e. The first-order chi connectivity index (χ1) is 10.5. The Hall–Kier alpha value is -1.48. The van der Waals surface area contributed by atoms with Crippen LogP contribution < -0.4 is 15.4 Å². The van der Waals surface area contributed by atoms with Crippen LogP contribution >= 0.6 is 0 Å². The van der Waals surface area contributed by atoms with Gasteiger partial charge in [0.2, 0.25) is 15.9 Å². The largest absolute Gasteiger partial charge is 0.391 e. The zero-order valence-corrected chi connectivity index (χ0v) is 13.0. The summed E-state index contributed by atoms with van der Waals surface area (Å²) in [6.07, 6.45) is -0.389. The zero-order valence-electron chi connectivity index (χ0n) is 12.2. The van der Waals surface area contributed by atoms with Gasteiger partial charge in [-0.15, -0.1) is 0 Å². The Kier molecular flexibility index (Phi) is 5.90. The van der Waals surface area contributed by atoms with E-state index >= 15 is 0 Å². The van der Waals surface area contributed by atoms with Gasteiger partial charge in [0.25, 0.3) is 0 Å². The molecule has 7 nitrogen and oxygen atoms in total. The van der Waals surface area contributed by atoms with Crippen molar-refractivity contribution >= 4 is 15.9 Å². The lowest BCUT2D eigenvalue weighted by Gasteiger charge is -2.14. The standard InChI is InChI=1S/C14H21N3O4S/c18-13-10-15-8-11(13)9-16-14(19)6-7-17-22(20,21)12-4-2-1-3-5-12/h1-5,11,13,15,17-18H,6-10H2,(H,16,19). The summed E-state index contributed by atoms with van der Waals surface area (Å²) >= 11 is 0. The number of aliphatic hydroxyl groups excluding tert-OH is 1. The number of β-amino-alcohol motifs (C(OH)–C–C–N with tert-alkyl or cyclic N) is 1. The van der Waals surface area contributed by atoms with Crippen LogP contribution in [0.15, 0.2) is 35.2 Å². The van der Waals surface area contributed by atoms with Gasteiger partial charge in [0.1, 0.15) is 0 Å². The van der Waals surface area contributed by atoms with Gasteiger partial charge >= 0.3 is 0 Å². The van der Waals surface area contributed by atoms with E-state index in [1.165, 1.54) is 12.1 Å². The van der Waals surface area contributed by atoms with Crippen molar-refractivity contribution in [3.8, 4) is 0 Å². The number of hydrogen-bond donors (Lipinski definition) is 4. The van der Waals surface area contributed by atoms with Crippen LogP contribution in [0.4, 0.5) is 0 Å². The molecule has 4 N–H and O–H groups in total. The second-order valence-corrected chi connectivity index (χ2v) is 7.02. The van der Waals surface area contributed by atoms with Crippen LogP contribution in [-0.4, -0.2) is 51.7 Å². The fraction of sp³-hybridized carbons (Fsp3) is 0.500. The maximum atomic E-state index is 11.9. The van der Waals surface area contributed by atoms with E-state index in [4.69, 9.17) is 0 Å². The minimum atomic E-state index is -3.58. The highest BCUT2D eigenvalue weighted by Crippen LogP contribution is 2.08. The highest BCUT2D eigenvalue weighted by molar-refractivity contribution is 7.89. The van der Waals surface area contributed by atoms with Crippen molar-refractivity contribution in [2.75, 3.05) is 26.2 Å². The van der Waals surface area contributed by atoms with Gasteiger partial charge in [0, 0.05) is 38.5 Å². The van der Waals surface area contributed by atoms with Gasteiger partial charge in [-0.1, -0.05) is 18.2 Å². The molecule has 22 heavy (non-hydrogen) atoms. The highest BCUT2D eigenvalue weighted by atomic mass is 32.2. The molecule has 0 radical (unpaired) electrons. The normalized spacial score (nSPS) is 21.7. The average Bonchev–Trinajstić information content (AvgIpc) is 2.91. The summed E-state index contributed by atoms with van der Waals surface area (Å²) in [6, 6.07) is 8.01. The molecule has 2 atom stereocenters. The Bertz CT molecular complexity index is 591. The molecule has 1 fully saturated rings. The average molecular weight is 327 g/mol. The molecule has 8 heteroatoms. The summed E-state index contributed by atoms with van der Waals surface area (Å²) in [5, 5.41) is 15.3. The fourth-order valence-corrected chi connectivity index (χ4v) is 3.30. The first-order valence-corrected chi connectivity index (χ1v) is 8.67. The van der Waals surface area contributed by atoms with Crippen LogP contribution in [-0.2, 0) is 14.8 Å². The third-order valence-corrected chi connectivity index (χ3v) is 5.04. The number of carbonyl (C=O) groups excluding carboxylic acids is 1. The number of nitrogens with one attached hydrogen (secondary N) is 3. The van der Waals surface area contributed by atoms with Crippen LogP contribution in [0.5, 0.6) is 0 Å². The van der Waals surface area contributed by atoms with Crippen molar-refractivity contribution in [1.29, 1.82) is 0 Å². The van der Waals surface area contributed by atoms with Gasteiger partial charge in [-0.3, -0.25) is 4.79 Å². The number of carbonyl (C=O) groups is 1. The Morgan fingerprint density at radius 1 is 1.27 bits per heavy atom. The van der Waals surface area contributed by atoms with Crippen LogP contribution in [0.25, 0.3) is 0 Å². The van der Waals surface area contributed by atoms with Crippen molar-refractivity contribution in [3.63, 3.8) is 0 Å². The van der Waals surface area contributed by atoms with Crippen LogP contribution in [0.2, 0.25) is 0 Å². The Morgan fingerprint density at radius 3 is 2.64 bits per heavy atom. The maximum Gasteiger partial charge on any atom is 0.240 e. The molecule has 0 saturated carbocycles. The highest BCUT2D eigenvalue weighted by Gasteiger charge is 2.24. The number of hydrogen-bond acceptors (Lipinski definition) is 5. The summed E-state index contributed by atoms with van der Waals surface area (Å²) in [4.78, 5) is 11.9. The quantitative estimate of drug-likeness (QED) is 0.517. The van der Waals surface area contributed by atoms with Crippen LogP contribution in [0.1, 0.15) is 6.42 Å². The monoisotopic (exact) mass is 327 g/mol. The second kappa shape index (κ2) is 7.68. The molecule has 1 saturated heterocycles. The third-order valence-electron chi connectivity index (χ3n) is 3.56. The van der Waals surface area contributed by atoms with Crippen molar-refractivity contribution in [2.24, 2.45) is 5.92 Å². The van der Waals surface area contributed by atoms with Crippen molar-refractivity contribution in [3.05, 3.63) is 30.3 Å². The molecule has 0 spiro atoms. The van der Waals surface area contributed by atoms with Crippen molar-refractivity contribution in [1.82, 2.24) is 15.4 Å². The number of sulfonamides is 1. The number of rotatable bonds is 7. The Morgan fingerprint density at radius 2 is 2.00 bits per heavy atom. The van der Waals surface area contributed by atoms with E-state index in [1.807, 2.05) is 0 Å². The minimum absolute atomic E-state index is 0.00459. The predicted molar refractivity (Wildman–Crippen MR) is 81.6 cm³/mol. The van der Waals surface area contributed by atoms with E-state index in [0.29, 0.717) is 19.6 Å². The molecule has 0 aromatic heterocycles. The zero-order chi connectivity index (χ0) is 16.0. The first kappa shape index (κ1) is 16.9. The van der Waals surface area contributed by atoms with E-state index in [-0.39, 0.29) is 29.7 Å². The van der Waals surface area contributed by atoms with Gasteiger partial charge in [-0.05, 0) is 12.1 Å². The maximum absolute atomic E-state index is 11.9.